The molecule has 0 radical (unpaired) electrons. The second kappa shape index (κ2) is 8.06. The maximum atomic E-state index is 14.7. The zero-order chi connectivity index (χ0) is 21.4. The quantitative estimate of drug-likeness (QED) is 0.628. The first-order chi connectivity index (χ1) is 13.5. The Balaban J connectivity index is 1.54. The van der Waals surface area contributed by atoms with Crippen LogP contribution in [-0.2, 0) is 15.5 Å². The summed E-state index contributed by atoms with van der Waals surface area (Å²) < 4.78 is 66.9. The Morgan fingerprint density at radius 2 is 2.14 bits per heavy atom. The van der Waals surface area contributed by atoms with Crippen LogP contribution in [0.3, 0.4) is 0 Å². The van der Waals surface area contributed by atoms with Gasteiger partial charge >= 0.3 is 0 Å². The summed E-state index contributed by atoms with van der Waals surface area (Å²) in [4.78, 5) is 14.7. The Morgan fingerprint density at radius 3 is 2.76 bits per heavy atom. The molecule has 1 heterocycles. The molecule has 3 rings (SSSR count). The summed E-state index contributed by atoms with van der Waals surface area (Å²) in [5, 5.41) is 2.18. The van der Waals surface area contributed by atoms with Crippen LogP contribution >= 0.6 is 11.3 Å². The molecule has 160 valence electrons. The highest BCUT2D eigenvalue weighted by atomic mass is 32.1. The molecule has 1 amide bonds. The van der Waals surface area contributed by atoms with Gasteiger partial charge in [0.1, 0.15) is 12.3 Å². The smallest absolute Gasteiger partial charge is 0.296 e. The molecule has 0 bridgehead atoms. The van der Waals surface area contributed by atoms with Crippen LogP contribution in [0.4, 0.5) is 17.6 Å². The lowest BCUT2D eigenvalue weighted by Crippen LogP contribution is -2.50. The number of ether oxygens (including phenoxy) is 2. The maximum Gasteiger partial charge on any atom is 0.296 e. The van der Waals surface area contributed by atoms with Crippen LogP contribution in [0.1, 0.15) is 38.6 Å². The monoisotopic (exact) mass is 434 g/mol. The molecule has 1 aromatic heterocycles. The molecule has 0 saturated heterocycles. The third kappa shape index (κ3) is 5.16. The van der Waals surface area contributed by atoms with Crippen LogP contribution in [0.2, 0.25) is 0 Å². The number of halogens is 4. The number of amides is 1. The van der Waals surface area contributed by atoms with Gasteiger partial charge in [0.05, 0.1) is 22.9 Å². The van der Waals surface area contributed by atoms with E-state index >= 15 is 0 Å². The average molecular weight is 434 g/mol. The number of nitrogens with zero attached hydrogens (tertiary/aromatic N) is 1. The Kier molecular flexibility index (Phi) is 6.05. The fourth-order valence-electron chi connectivity index (χ4n) is 3.11. The van der Waals surface area contributed by atoms with Crippen molar-refractivity contribution in [3.8, 4) is 5.75 Å². The van der Waals surface area contributed by atoms with Gasteiger partial charge in [0.2, 0.25) is 5.91 Å². The lowest BCUT2D eigenvalue weighted by atomic mass is 9.79. The molecule has 1 aliphatic rings. The molecular formula is C19H22F4N2O3S. The summed E-state index contributed by atoms with van der Waals surface area (Å²) in [6, 6.07) is 2.46. The number of benzene rings is 1. The van der Waals surface area contributed by atoms with E-state index in [1.165, 1.54) is 19.1 Å². The van der Waals surface area contributed by atoms with Crippen molar-refractivity contribution in [3.63, 3.8) is 0 Å². The van der Waals surface area contributed by atoms with Gasteiger partial charge < -0.3 is 14.8 Å². The largest absolute Gasteiger partial charge is 0.487 e. The number of nitrogens with one attached hydrogen (secondary N) is 1. The second-order valence-electron chi connectivity index (χ2n) is 7.54. The molecule has 29 heavy (non-hydrogen) atoms. The van der Waals surface area contributed by atoms with Gasteiger partial charge in [-0.3, -0.25) is 4.79 Å². The van der Waals surface area contributed by atoms with E-state index in [1.807, 2.05) is 0 Å². The van der Waals surface area contributed by atoms with Gasteiger partial charge in [-0.25, -0.2) is 13.8 Å². The summed E-state index contributed by atoms with van der Waals surface area (Å²) in [7, 11) is 0. The van der Waals surface area contributed by atoms with Crippen molar-refractivity contribution in [3.05, 3.63) is 23.0 Å². The predicted octanol–water partition coefficient (Wildman–Crippen LogP) is 4.34. The van der Waals surface area contributed by atoms with Crippen LogP contribution < -0.4 is 10.1 Å². The molecule has 1 aromatic carbocycles. The number of fused-ring (bicyclic) bond motifs is 1. The minimum Gasteiger partial charge on any atom is -0.487 e. The number of alkyl halides is 3. The Bertz CT molecular complexity index is 893. The van der Waals surface area contributed by atoms with Crippen molar-refractivity contribution >= 4 is 27.5 Å². The van der Waals surface area contributed by atoms with Crippen LogP contribution in [0, 0.1) is 5.82 Å². The van der Waals surface area contributed by atoms with Crippen molar-refractivity contribution in [1.29, 1.82) is 0 Å². The molecule has 1 fully saturated rings. The number of aromatic nitrogens is 1. The third-order valence-electron chi connectivity index (χ3n) is 4.54. The summed E-state index contributed by atoms with van der Waals surface area (Å²) in [6.07, 6.45) is -0.115. The average Bonchev–Trinajstić information content (AvgIpc) is 3.02. The number of hydrogen-bond donors (Lipinski definition) is 1. The number of hydrogen-bond acceptors (Lipinski definition) is 5. The fraction of sp³-hybridized carbons (Fsp3) is 0.579. The summed E-state index contributed by atoms with van der Waals surface area (Å²) >= 11 is 0.552. The van der Waals surface area contributed by atoms with E-state index in [2.05, 4.69) is 10.3 Å². The van der Waals surface area contributed by atoms with E-state index in [4.69, 9.17) is 9.47 Å². The normalized spacial score (nSPS) is 22.9. The number of rotatable bonds is 8. The number of carbonyl (C=O) groups excluding carboxylic acids is 1. The van der Waals surface area contributed by atoms with Gasteiger partial charge in [-0.05, 0) is 19.1 Å². The number of carbonyl (C=O) groups is 1. The summed E-state index contributed by atoms with van der Waals surface area (Å²) in [5.41, 5.74) is -1.55. The molecule has 5 nitrogen and oxygen atoms in total. The lowest BCUT2D eigenvalue weighted by Gasteiger charge is -2.41. The molecule has 1 atom stereocenters. The van der Waals surface area contributed by atoms with Gasteiger partial charge in [-0.15, -0.1) is 11.3 Å². The van der Waals surface area contributed by atoms with Gasteiger partial charge in [0.25, 0.3) is 5.92 Å². The molecule has 0 unspecified atom stereocenters. The van der Waals surface area contributed by atoms with Gasteiger partial charge in [-0.1, -0.05) is 0 Å². The summed E-state index contributed by atoms with van der Waals surface area (Å²) in [5.74, 6) is -4.36. The first-order valence-electron chi connectivity index (χ1n) is 9.14. The highest BCUT2D eigenvalue weighted by Gasteiger charge is 2.46. The molecule has 1 saturated carbocycles. The highest BCUT2D eigenvalue weighted by Crippen LogP contribution is 2.40. The zero-order valence-corrected chi connectivity index (χ0v) is 17.0. The van der Waals surface area contributed by atoms with Crippen molar-refractivity contribution < 1.29 is 31.8 Å². The van der Waals surface area contributed by atoms with E-state index in [-0.39, 0.29) is 60.1 Å². The molecule has 1 aliphatic carbocycles. The molecule has 2 aromatic rings. The highest BCUT2D eigenvalue weighted by molar-refractivity contribution is 7.18. The first-order valence-corrected chi connectivity index (χ1v) is 9.96. The Labute approximate surface area is 169 Å². The van der Waals surface area contributed by atoms with Gasteiger partial charge in [-0.2, -0.15) is 8.78 Å². The topological polar surface area (TPSA) is 60.5 Å². The Hall–Kier alpha value is -1.94. The van der Waals surface area contributed by atoms with Gasteiger partial charge in [0.15, 0.2) is 16.6 Å². The number of thiazole rings is 1. The molecule has 10 heteroatoms. The summed E-state index contributed by atoms with van der Waals surface area (Å²) in [6.45, 7) is 3.78. The van der Waals surface area contributed by atoms with E-state index in [1.54, 1.807) is 6.92 Å². The fourth-order valence-corrected chi connectivity index (χ4v) is 4.03. The van der Waals surface area contributed by atoms with Crippen molar-refractivity contribution in [2.24, 2.45) is 0 Å². The second-order valence-corrected chi connectivity index (χ2v) is 8.54. The zero-order valence-electron chi connectivity index (χ0n) is 16.2. The van der Waals surface area contributed by atoms with E-state index in [0.717, 1.165) is 0 Å². The van der Waals surface area contributed by atoms with E-state index in [0.29, 0.717) is 18.3 Å². The van der Waals surface area contributed by atoms with Crippen LogP contribution in [-0.4, -0.2) is 41.9 Å². The Morgan fingerprint density at radius 1 is 1.45 bits per heavy atom. The molecule has 1 N–H and O–H groups in total. The van der Waals surface area contributed by atoms with Crippen LogP contribution in [0.25, 0.3) is 10.2 Å². The predicted molar refractivity (Wildman–Crippen MR) is 101 cm³/mol. The first kappa shape index (κ1) is 21.8. The maximum absolute atomic E-state index is 14.7. The van der Waals surface area contributed by atoms with Crippen LogP contribution in [0.15, 0.2) is 12.1 Å². The van der Waals surface area contributed by atoms with Crippen molar-refractivity contribution in [2.45, 2.75) is 57.3 Å². The van der Waals surface area contributed by atoms with E-state index in [9.17, 15) is 22.4 Å². The lowest BCUT2D eigenvalue weighted by molar-refractivity contribution is -0.125. The van der Waals surface area contributed by atoms with Gasteiger partial charge in [0, 0.05) is 32.7 Å². The van der Waals surface area contributed by atoms with Crippen molar-refractivity contribution in [2.75, 3.05) is 13.2 Å². The molecular weight excluding hydrogens is 412 g/mol. The van der Waals surface area contributed by atoms with E-state index < -0.39 is 22.4 Å². The third-order valence-corrected chi connectivity index (χ3v) is 5.78. The standard InChI is InChI=1S/C19H22F4N2O3S/c1-10(24-11(2)26)8-27-12-6-19(23,7-12)9-28-14-5-4-13-16(15(14)20)29-17(25-13)18(3,21)22/h4-5,10,12H,6-9H2,1-3H3,(H,24,26)/t10-,12-,19+/m0/s1. The minimum absolute atomic E-state index is 0.0475. The van der Waals surface area contributed by atoms with Crippen molar-refractivity contribution in [1.82, 2.24) is 10.3 Å². The molecule has 0 spiro atoms. The van der Waals surface area contributed by atoms with Crippen LogP contribution in [0.5, 0.6) is 5.75 Å². The SMILES string of the molecule is CC(=O)N[C@@H](C)CO[C@H]1C[C@](F)(COc2ccc3nc(C(C)(F)F)sc3c2F)C1. The molecule has 0 aliphatic heterocycles. The minimum atomic E-state index is -3.17.